The van der Waals surface area contributed by atoms with Gasteiger partial charge in [0.1, 0.15) is 5.82 Å². The first kappa shape index (κ1) is 11.6. The largest absolute Gasteiger partial charge is 0.316 e. The first-order chi connectivity index (χ1) is 8.92. The molecule has 2 aromatic heterocycles. The number of aromatic nitrogens is 2. The van der Waals surface area contributed by atoms with Gasteiger partial charge in [-0.25, -0.2) is 9.97 Å². The molecule has 0 spiro atoms. The molecule has 1 fully saturated rings. The second-order valence-corrected chi connectivity index (χ2v) is 5.28. The standard InChI is InChI=1S/C13H16N4S/c1-3-7-14-10(5-1)11-9-18-13(16-11)17-12-6-2-4-8-15-12/h2,4,6,8-10,14H,1,3,5,7H2,(H,15,16,17)/t10-/m0/s1. The monoisotopic (exact) mass is 260 g/mol. The zero-order chi connectivity index (χ0) is 12.2. The van der Waals surface area contributed by atoms with Gasteiger partial charge in [0.25, 0.3) is 0 Å². The van der Waals surface area contributed by atoms with Gasteiger partial charge < -0.3 is 10.6 Å². The zero-order valence-corrected chi connectivity index (χ0v) is 10.9. The van der Waals surface area contributed by atoms with Gasteiger partial charge in [-0.3, -0.25) is 0 Å². The average Bonchev–Trinajstić information content (AvgIpc) is 2.89. The minimum Gasteiger partial charge on any atom is -0.316 e. The summed E-state index contributed by atoms with van der Waals surface area (Å²) in [6, 6.07) is 6.24. The topological polar surface area (TPSA) is 49.8 Å². The van der Waals surface area contributed by atoms with Gasteiger partial charge in [0.15, 0.2) is 5.13 Å². The Kier molecular flexibility index (Phi) is 3.52. The summed E-state index contributed by atoms with van der Waals surface area (Å²) in [6.07, 6.45) is 5.53. The molecule has 94 valence electrons. The number of nitrogens with zero attached hydrogens (tertiary/aromatic N) is 2. The van der Waals surface area contributed by atoms with Crippen molar-refractivity contribution >= 4 is 22.3 Å². The van der Waals surface area contributed by atoms with Crippen LogP contribution in [-0.2, 0) is 0 Å². The van der Waals surface area contributed by atoms with E-state index in [-0.39, 0.29) is 0 Å². The molecule has 1 aliphatic rings. The van der Waals surface area contributed by atoms with Crippen LogP contribution in [0.4, 0.5) is 10.9 Å². The lowest BCUT2D eigenvalue weighted by Crippen LogP contribution is -2.26. The van der Waals surface area contributed by atoms with Crippen LogP contribution in [0.1, 0.15) is 31.0 Å². The molecule has 4 nitrogen and oxygen atoms in total. The summed E-state index contributed by atoms with van der Waals surface area (Å²) in [5.41, 5.74) is 1.15. The van der Waals surface area contributed by atoms with E-state index in [1.807, 2.05) is 18.2 Å². The van der Waals surface area contributed by atoms with E-state index < -0.39 is 0 Å². The smallest absolute Gasteiger partial charge is 0.188 e. The van der Waals surface area contributed by atoms with Crippen LogP contribution in [0, 0.1) is 0 Å². The molecule has 0 unspecified atom stereocenters. The van der Waals surface area contributed by atoms with Gasteiger partial charge in [0, 0.05) is 11.6 Å². The Morgan fingerprint density at radius 2 is 2.33 bits per heavy atom. The molecule has 2 N–H and O–H groups in total. The van der Waals surface area contributed by atoms with E-state index in [0.29, 0.717) is 6.04 Å². The quantitative estimate of drug-likeness (QED) is 0.890. The molecule has 3 rings (SSSR count). The van der Waals surface area contributed by atoms with Gasteiger partial charge in [-0.05, 0) is 31.5 Å². The summed E-state index contributed by atoms with van der Waals surface area (Å²) in [5.74, 6) is 0.843. The fourth-order valence-corrected chi connectivity index (χ4v) is 2.93. The van der Waals surface area contributed by atoms with Gasteiger partial charge in [0.05, 0.1) is 11.7 Å². The van der Waals surface area contributed by atoms with E-state index in [2.05, 4.69) is 26.0 Å². The van der Waals surface area contributed by atoms with Crippen molar-refractivity contribution < 1.29 is 0 Å². The van der Waals surface area contributed by atoms with Crippen LogP contribution in [0.15, 0.2) is 29.8 Å². The van der Waals surface area contributed by atoms with Crippen molar-refractivity contribution in [1.29, 1.82) is 0 Å². The molecule has 0 bridgehead atoms. The molecule has 1 atom stereocenters. The third-order valence-corrected chi connectivity index (χ3v) is 3.87. The van der Waals surface area contributed by atoms with E-state index in [0.717, 1.165) is 23.2 Å². The highest BCUT2D eigenvalue weighted by Crippen LogP contribution is 2.27. The molecule has 0 radical (unpaired) electrons. The van der Waals surface area contributed by atoms with Crippen LogP contribution in [-0.4, -0.2) is 16.5 Å². The summed E-state index contributed by atoms with van der Waals surface area (Å²) in [5, 5.41) is 9.79. The van der Waals surface area contributed by atoms with Crippen LogP contribution in [0.5, 0.6) is 0 Å². The van der Waals surface area contributed by atoms with Crippen LogP contribution in [0.2, 0.25) is 0 Å². The Labute approximate surface area is 110 Å². The maximum Gasteiger partial charge on any atom is 0.188 e. The maximum atomic E-state index is 4.63. The number of thiazole rings is 1. The lowest BCUT2D eigenvalue weighted by molar-refractivity contribution is 0.407. The maximum absolute atomic E-state index is 4.63. The fraction of sp³-hybridized carbons (Fsp3) is 0.385. The average molecular weight is 260 g/mol. The van der Waals surface area contributed by atoms with Crippen LogP contribution in [0.25, 0.3) is 0 Å². The molecule has 5 heteroatoms. The fourth-order valence-electron chi connectivity index (χ4n) is 2.15. The second-order valence-electron chi connectivity index (χ2n) is 4.42. The molecule has 2 aromatic rings. The molecule has 1 saturated heterocycles. The molecule has 0 saturated carbocycles. The number of rotatable bonds is 3. The number of pyridine rings is 1. The number of anilines is 2. The molecular weight excluding hydrogens is 244 g/mol. The van der Waals surface area contributed by atoms with Gasteiger partial charge in [-0.15, -0.1) is 11.3 Å². The SMILES string of the molecule is c1ccc(Nc2nc([C@@H]3CCCCN3)cs2)nc1. The summed E-state index contributed by atoms with van der Waals surface area (Å²) in [4.78, 5) is 8.87. The minimum absolute atomic E-state index is 0.425. The molecule has 0 aliphatic carbocycles. The molecule has 1 aliphatic heterocycles. The van der Waals surface area contributed by atoms with Crippen LogP contribution >= 0.6 is 11.3 Å². The Morgan fingerprint density at radius 3 is 3.11 bits per heavy atom. The Bertz CT molecular complexity index is 491. The predicted molar refractivity (Wildman–Crippen MR) is 74.2 cm³/mol. The summed E-state index contributed by atoms with van der Waals surface area (Å²) in [7, 11) is 0. The number of hydrogen-bond acceptors (Lipinski definition) is 5. The van der Waals surface area contributed by atoms with Gasteiger partial charge in [0.2, 0.25) is 0 Å². The number of nitrogens with one attached hydrogen (secondary N) is 2. The zero-order valence-electron chi connectivity index (χ0n) is 10.1. The molecule has 0 amide bonds. The highest BCUT2D eigenvalue weighted by atomic mass is 32.1. The minimum atomic E-state index is 0.425. The summed E-state index contributed by atoms with van der Waals surface area (Å²) < 4.78 is 0. The van der Waals surface area contributed by atoms with Crippen molar-refractivity contribution in [3.63, 3.8) is 0 Å². The Balaban J connectivity index is 1.69. The van der Waals surface area contributed by atoms with E-state index in [1.54, 1.807) is 17.5 Å². The van der Waals surface area contributed by atoms with Gasteiger partial charge in [-0.2, -0.15) is 0 Å². The number of piperidine rings is 1. The lowest BCUT2D eigenvalue weighted by atomic mass is 10.0. The first-order valence-corrected chi connectivity index (χ1v) is 7.17. The highest BCUT2D eigenvalue weighted by Gasteiger charge is 2.17. The second kappa shape index (κ2) is 5.46. The molecule has 0 aromatic carbocycles. The van der Waals surface area contributed by atoms with Gasteiger partial charge >= 0.3 is 0 Å². The van der Waals surface area contributed by atoms with E-state index in [1.165, 1.54) is 19.3 Å². The predicted octanol–water partition coefficient (Wildman–Crippen LogP) is 3.10. The normalized spacial score (nSPS) is 19.7. The first-order valence-electron chi connectivity index (χ1n) is 6.29. The highest BCUT2D eigenvalue weighted by molar-refractivity contribution is 7.13. The van der Waals surface area contributed by atoms with E-state index >= 15 is 0 Å². The molecule has 18 heavy (non-hydrogen) atoms. The van der Waals surface area contributed by atoms with E-state index in [4.69, 9.17) is 0 Å². The summed E-state index contributed by atoms with van der Waals surface area (Å²) in [6.45, 7) is 1.10. The Morgan fingerprint density at radius 1 is 1.33 bits per heavy atom. The lowest BCUT2D eigenvalue weighted by Gasteiger charge is -2.21. The van der Waals surface area contributed by atoms with Gasteiger partial charge in [-0.1, -0.05) is 12.5 Å². The van der Waals surface area contributed by atoms with Crippen LogP contribution in [0.3, 0.4) is 0 Å². The third kappa shape index (κ3) is 2.68. The van der Waals surface area contributed by atoms with Crippen molar-refractivity contribution in [1.82, 2.24) is 15.3 Å². The molecular formula is C13H16N4S. The van der Waals surface area contributed by atoms with Crippen molar-refractivity contribution in [2.24, 2.45) is 0 Å². The molecule has 3 heterocycles. The van der Waals surface area contributed by atoms with Crippen molar-refractivity contribution in [2.75, 3.05) is 11.9 Å². The van der Waals surface area contributed by atoms with Crippen molar-refractivity contribution in [3.8, 4) is 0 Å². The van der Waals surface area contributed by atoms with Crippen molar-refractivity contribution in [3.05, 3.63) is 35.5 Å². The summed E-state index contributed by atoms with van der Waals surface area (Å²) >= 11 is 1.64. The Hall–Kier alpha value is -1.46. The third-order valence-electron chi connectivity index (χ3n) is 3.09. The van der Waals surface area contributed by atoms with Crippen LogP contribution < -0.4 is 10.6 Å². The van der Waals surface area contributed by atoms with Crippen molar-refractivity contribution in [2.45, 2.75) is 25.3 Å². The number of hydrogen-bond donors (Lipinski definition) is 2. The van der Waals surface area contributed by atoms with E-state index in [9.17, 15) is 0 Å².